The van der Waals surface area contributed by atoms with Crippen LogP contribution in [0.15, 0.2) is 96.4 Å². The Hall–Kier alpha value is -3.74. The summed E-state index contributed by atoms with van der Waals surface area (Å²) in [5, 5.41) is 3.08. The molecule has 36 heavy (non-hydrogen) atoms. The van der Waals surface area contributed by atoms with Crippen molar-refractivity contribution >= 4 is 32.8 Å². The molecule has 0 atom stereocenters. The monoisotopic (exact) mass is 499 g/mol. The highest BCUT2D eigenvalue weighted by molar-refractivity contribution is 7.93. The molecule has 6 heteroatoms. The maximum absolute atomic E-state index is 12.5. The molecule has 0 aliphatic carbocycles. The second-order valence-corrected chi connectivity index (χ2v) is 10.5. The van der Waals surface area contributed by atoms with Crippen LogP contribution in [0.25, 0.3) is 16.8 Å². The van der Waals surface area contributed by atoms with Crippen molar-refractivity contribution in [3.05, 3.63) is 124 Å². The van der Waals surface area contributed by atoms with Crippen LogP contribution in [0.4, 0.5) is 0 Å². The first-order chi connectivity index (χ1) is 17.3. The summed E-state index contributed by atoms with van der Waals surface area (Å²) in [6, 6.07) is 28.5. The Bertz CT molecular complexity index is 1470. The van der Waals surface area contributed by atoms with Crippen LogP contribution in [0.5, 0.6) is 0 Å². The third-order valence-electron chi connectivity index (χ3n) is 5.85. The molecule has 4 aromatic carbocycles. The summed E-state index contributed by atoms with van der Waals surface area (Å²) in [4.78, 5) is 12.5. The minimum atomic E-state index is -3.95. The molecular formula is C30H29NO4S. The Morgan fingerprint density at radius 3 is 2.08 bits per heavy atom. The Balaban J connectivity index is 1.30. The van der Waals surface area contributed by atoms with Gasteiger partial charge in [-0.3, -0.25) is 4.79 Å². The first-order valence-corrected chi connectivity index (χ1v) is 13.3. The maximum atomic E-state index is 12.5. The molecule has 0 radical (unpaired) electrons. The number of sulfonamides is 1. The number of benzene rings is 4. The van der Waals surface area contributed by atoms with E-state index in [-0.39, 0.29) is 5.56 Å². The van der Waals surface area contributed by atoms with Crippen molar-refractivity contribution in [2.24, 2.45) is 0 Å². The third kappa shape index (κ3) is 6.90. The van der Waals surface area contributed by atoms with E-state index in [1.54, 1.807) is 24.3 Å². The van der Waals surface area contributed by atoms with Crippen molar-refractivity contribution in [3.63, 3.8) is 0 Å². The first kappa shape index (κ1) is 25.4. The topological polar surface area (TPSA) is 72.5 Å². The van der Waals surface area contributed by atoms with E-state index in [0.29, 0.717) is 19.1 Å². The van der Waals surface area contributed by atoms with Crippen molar-refractivity contribution in [1.82, 2.24) is 4.72 Å². The van der Waals surface area contributed by atoms with E-state index < -0.39 is 15.9 Å². The molecule has 4 rings (SSSR count). The molecule has 0 spiro atoms. The number of hydrogen-bond acceptors (Lipinski definition) is 4. The normalized spacial score (nSPS) is 11.9. The average molecular weight is 500 g/mol. The molecule has 4 aromatic rings. The predicted octanol–water partition coefficient (Wildman–Crippen LogP) is 6.41. The SMILES string of the molecule is CC(C)c1ccc(COCc2ccc(C(=O)NS(=O)(=O)/C=C/c3ccc4ccccc4c3)cc2)cc1. The van der Waals surface area contributed by atoms with Gasteiger partial charge < -0.3 is 4.74 Å². The summed E-state index contributed by atoms with van der Waals surface area (Å²) in [6.07, 6.45) is 1.47. The lowest BCUT2D eigenvalue weighted by molar-refractivity contribution is 0.0980. The van der Waals surface area contributed by atoms with Crippen LogP contribution in [0, 0.1) is 0 Å². The van der Waals surface area contributed by atoms with Crippen LogP contribution in [0.3, 0.4) is 0 Å². The average Bonchev–Trinajstić information content (AvgIpc) is 2.88. The summed E-state index contributed by atoms with van der Waals surface area (Å²) in [6.45, 7) is 5.20. The molecule has 184 valence electrons. The molecular weight excluding hydrogens is 470 g/mol. The molecule has 0 aliphatic heterocycles. The third-order valence-corrected chi connectivity index (χ3v) is 6.81. The summed E-state index contributed by atoms with van der Waals surface area (Å²) in [7, 11) is -3.95. The Kier molecular flexibility index (Phi) is 7.98. The van der Waals surface area contributed by atoms with Crippen molar-refractivity contribution in [1.29, 1.82) is 0 Å². The fraction of sp³-hybridized carbons (Fsp3) is 0.167. The van der Waals surface area contributed by atoms with E-state index >= 15 is 0 Å². The zero-order valence-electron chi connectivity index (χ0n) is 20.3. The molecule has 0 bridgehead atoms. The largest absolute Gasteiger partial charge is 0.372 e. The molecule has 0 aliphatic rings. The van der Waals surface area contributed by atoms with Crippen LogP contribution in [0.1, 0.15) is 52.4 Å². The van der Waals surface area contributed by atoms with Crippen molar-refractivity contribution in [3.8, 4) is 0 Å². The van der Waals surface area contributed by atoms with Gasteiger partial charge in [0.2, 0.25) is 0 Å². The number of hydrogen-bond donors (Lipinski definition) is 1. The lowest BCUT2D eigenvalue weighted by atomic mass is 10.0. The fourth-order valence-electron chi connectivity index (χ4n) is 3.74. The Morgan fingerprint density at radius 1 is 0.833 bits per heavy atom. The number of nitrogens with one attached hydrogen (secondary N) is 1. The number of ether oxygens (including phenoxy) is 1. The molecule has 5 nitrogen and oxygen atoms in total. The molecule has 0 fully saturated rings. The number of fused-ring (bicyclic) bond motifs is 1. The zero-order chi connectivity index (χ0) is 25.5. The van der Waals surface area contributed by atoms with E-state index in [9.17, 15) is 13.2 Å². The number of amides is 1. The summed E-state index contributed by atoms with van der Waals surface area (Å²) < 4.78 is 32.7. The van der Waals surface area contributed by atoms with Crippen molar-refractivity contribution in [2.45, 2.75) is 33.0 Å². The van der Waals surface area contributed by atoms with Crippen LogP contribution >= 0.6 is 0 Å². The molecule has 0 unspecified atom stereocenters. The molecule has 0 aromatic heterocycles. The van der Waals surface area contributed by atoms with Gasteiger partial charge >= 0.3 is 0 Å². The number of carbonyl (C=O) groups is 1. The highest BCUT2D eigenvalue weighted by Crippen LogP contribution is 2.17. The summed E-state index contributed by atoms with van der Waals surface area (Å²) in [5.41, 5.74) is 4.26. The van der Waals surface area contributed by atoms with Gasteiger partial charge in [0.1, 0.15) is 0 Å². The van der Waals surface area contributed by atoms with Gasteiger partial charge in [-0.15, -0.1) is 0 Å². The minimum Gasteiger partial charge on any atom is -0.372 e. The van der Waals surface area contributed by atoms with E-state index in [0.717, 1.165) is 32.9 Å². The van der Waals surface area contributed by atoms with E-state index in [2.05, 4.69) is 42.8 Å². The summed E-state index contributed by atoms with van der Waals surface area (Å²) in [5.74, 6) is -0.192. The Morgan fingerprint density at radius 2 is 1.44 bits per heavy atom. The standard InChI is InChI=1S/C30H29NO4S/c1-22(2)26-12-8-24(9-13-26)20-35-21-25-10-15-28(16-11-25)30(32)31-36(33,34)18-17-23-7-14-27-5-3-4-6-29(27)19-23/h3-19,22H,20-21H2,1-2H3,(H,31,32)/b18-17+. The van der Waals surface area contributed by atoms with E-state index in [4.69, 9.17) is 4.74 Å². The zero-order valence-corrected chi connectivity index (χ0v) is 21.2. The molecule has 1 N–H and O–H groups in total. The molecule has 0 saturated heterocycles. The van der Waals surface area contributed by atoms with Crippen LogP contribution in [0.2, 0.25) is 0 Å². The number of carbonyl (C=O) groups excluding carboxylic acids is 1. The van der Waals surface area contributed by atoms with Gasteiger partial charge in [0.25, 0.3) is 15.9 Å². The van der Waals surface area contributed by atoms with Crippen molar-refractivity contribution < 1.29 is 17.9 Å². The highest BCUT2D eigenvalue weighted by Gasteiger charge is 2.13. The second-order valence-electron chi connectivity index (χ2n) is 8.97. The van der Waals surface area contributed by atoms with Gasteiger partial charge in [0.05, 0.1) is 18.6 Å². The minimum absolute atomic E-state index is 0.255. The van der Waals surface area contributed by atoms with Gasteiger partial charge in [0, 0.05) is 5.56 Å². The number of rotatable bonds is 9. The predicted molar refractivity (Wildman–Crippen MR) is 145 cm³/mol. The first-order valence-electron chi connectivity index (χ1n) is 11.8. The van der Waals surface area contributed by atoms with Crippen LogP contribution in [-0.4, -0.2) is 14.3 Å². The van der Waals surface area contributed by atoms with Gasteiger partial charge in [0.15, 0.2) is 0 Å². The van der Waals surface area contributed by atoms with Gasteiger partial charge in [-0.1, -0.05) is 86.6 Å². The fourth-order valence-corrected chi connectivity index (χ4v) is 4.52. The lowest BCUT2D eigenvalue weighted by Gasteiger charge is -2.08. The van der Waals surface area contributed by atoms with Gasteiger partial charge in [-0.25, -0.2) is 13.1 Å². The van der Waals surface area contributed by atoms with E-state index in [1.807, 2.05) is 42.5 Å². The van der Waals surface area contributed by atoms with Gasteiger partial charge in [-0.2, -0.15) is 0 Å². The molecule has 0 saturated carbocycles. The Labute approximate surface area is 212 Å². The molecule has 0 heterocycles. The van der Waals surface area contributed by atoms with Crippen LogP contribution < -0.4 is 4.72 Å². The summed E-state index contributed by atoms with van der Waals surface area (Å²) >= 11 is 0. The van der Waals surface area contributed by atoms with Crippen molar-refractivity contribution in [2.75, 3.05) is 0 Å². The smallest absolute Gasteiger partial charge is 0.264 e. The van der Waals surface area contributed by atoms with Gasteiger partial charge in [-0.05, 0) is 63.2 Å². The van der Waals surface area contributed by atoms with E-state index in [1.165, 1.54) is 11.6 Å². The highest BCUT2D eigenvalue weighted by atomic mass is 32.2. The van der Waals surface area contributed by atoms with Crippen LogP contribution in [-0.2, 0) is 28.0 Å². The quantitative estimate of drug-likeness (QED) is 0.289. The second kappa shape index (κ2) is 11.3. The lowest BCUT2D eigenvalue weighted by Crippen LogP contribution is -2.28. The molecule has 1 amide bonds. The maximum Gasteiger partial charge on any atom is 0.264 e.